The summed E-state index contributed by atoms with van der Waals surface area (Å²) in [5.41, 5.74) is 4.76. The number of carbonyl (C=O) groups excluding carboxylic acids is 1. The second-order valence-corrected chi connectivity index (χ2v) is 10.6. The molecule has 0 saturated carbocycles. The lowest BCUT2D eigenvalue weighted by Crippen LogP contribution is -2.15. The van der Waals surface area contributed by atoms with E-state index in [9.17, 15) is 24.0 Å². The van der Waals surface area contributed by atoms with Gasteiger partial charge in [0.25, 0.3) is 0 Å². The van der Waals surface area contributed by atoms with Crippen LogP contribution in [-0.4, -0.2) is 12.3 Å². The van der Waals surface area contributed by atoms with E-state index >= 15 is 0 Å². The Labute approximate surface area is 216 Å². The van der Waals surface area contributed by atoms with Gasteiger partial charge in [-0.3, -0.25) is 24.0 Å². The van der Waals surface area contributed by atoms with Crippen LogP contribution in [-0.2, 0) is 11.2 Å². The van der Waals surface area contributed by atoms with Gasteiger partial charge >= 0.3 is 0 Å². The predicted octanol–water partition coefficient (Wildman–Crippen LogP) is 4.48. The highest BCUT2D eigenvalue weighted by Gasteiger charge is 2.22. The van der Waals surface area contributed by atoms with Crippen molar-refractivity contribution < 1.29 is 4.79 Å². The maximum atomic E-state index is 13.6. The van der Waals surface area contributed by atoms with Gasteiger partial charge in [-0.15, -0.1) is 11.3 Å². The molecule has 1 heterocycles. The Morgan fingerprint density at radius 3 is 1.89 bits per heavy atom. The van der Waals surface area contributed by atoms with Crippen molar-refractivity contribution in [2.45, 2.75) is 51.4 Å². The van der Waals surface area contributed by atoms with Crippen molar-refractivity contribution in [1.82, 2.24) is 0 Å². The minimum atomic E-state index is -0.423. The number of hydrogen-bond donors (Lipinski definition) is 1. The summed E-state index contributed by atoms with van der Waals surface area (Å²) in [5.74, 6) is 0.177. The van der Waals surface area contributed by atoms with E-state index in [1.165, 1.54) is 0 Å². The molecule has 7 heteroatoms. The van der Waals surface area contributed by atoms with Gasteiger partial charge in [0.15, 0.2) is 10.9 Å². The fraction of sp³-hybridized carbons (Fsp3) is 0.300. The first-order valence-electron chi connectivity index (χ1n) is 12.7. The Morgan fingerprint density at radius 2 is 1.22 bits per heavy atom. The highest BCUT2D eigenvalue weighted by atomic mass is 32.1. The molecule has 0 amide bonds. The summed E-state index contributed by atoms with van der Waals surface area (Å²) in [4.78, 5) is 65.7. The maximum Gasteiger partial charge on any atom is 0.204 e. The Balaban J connectivity index is 1.50. The van der Waals surface area contributed by atoms with E-state index in [2.05, 4.69) is 0 Å². The average Bonchev–Trinajstić information content (AvgIpc) is 3.33. The molecular weight excluding hydrogens is 486 g/mol. The number of carbonyl (C=O) groups is 1. The third-order valence-electron chi connectivity index (χ3n) is 7.12. The zero-order valence-electron chi connectivity index (χ0n) is 20.4. The zero-order chi connectivity index (χ0) is 26.1. The molecule has 1 aromatic heterocycles. The molecule has 5 aromatic rings. The number of unbranched alkanes of at least 4 members (excludes halogenated alkanes) is 4. The summed E-state index contributed by atoms with van der Waals surface area (Å²) in [5, 5.41) is 1.10. The van der Waals surface area contributed by atoms with Crippen LogP contribution in [0.3, 0.4) is 0 Å². The standard InChI is InChI=1S/C30H27NO5S/c31-15-7-3-1-2-4-8-18(32)13-11-17-12-14-21-22(16-17)26(34)24-23-25(33)19-9-5-6-10-20(19)27(35)29(23)37-30(24)28(21)36/h5-6,9-10,12,14,16H,1-4,7-8,11,13,15,31H2. The molecule has 0 aliphatic carbocycles. The van der Waals surface area contributed by atoms with E-state index in [1.54, 1.807) is 42.5 Å². The van der Waals surface area contributed by atoms with Gasteiger partial charge in [0, 0.05) is 34.4 Å². The second kappa shape index (κ2) is 10.4. The van der Waals surface area contributed by atoms with Crippen LogP contribution in [0.25, 0.3) is 41.7 Å². The molecule has 2 N–H and O–H groups in total. The third kappa shape index (κ3) is 4.54. The van der Waals surface area contributed by atoms with Gasteiger partial charge in [0.2, 0.25) is 10.9 Å². The molecule has 188 valence electrons. The van der Waals surface area contributed by atoms with Gasteiger partial charge in [-0.2, -0.15) is 0 Å². The van der Waals surface area contributed by atoms with Crippen LogP contribution >= 0.6 is 11.3 Å². The van der Waals surface area contributed by atoms with Crippen LogP contribution in [0.4, 0.5) is 0 Å². The number of hydrogen-bond acceptors (Lipinski definition) is 7. The van der Waals surface area contributed by atoms with Crippen molar-refractivity contribution in [2.75, 3.05) is 6.54 Å². The molecule has 37 heavy (non-hydrogen) atoms. The summed E-state index contributed by atoms with van der Waals surface area (Å²) >= 11 is 0.929. The van der Waals surface area contributed by atoms with E-state index in [4.69, 9.17) is 5.73 Å². The van der Waals surface area contributed by atoms with Gasteiger partial charge in [-0.05, 0) is 43.5 Å². The van der Waals surface area contributed by atoms with Gasteiger partial charge in [0.05, 0.1) is 20.2 Å². The number of rotatable bonds is 10. The molecular formula is C30H27NO5S. The first-order valence-corrected chi connectivity index (χ1v) is 13.5. The Hall–Kier alpha value is -3.55. The molecule has 0 unspecified atom stereocenters. The van der Waals surface area contributed by atoms with E-state index < -0.39 is 10.9 Å². The fourth-order valence-electron chi connectivity index (χ4n) is 5.12. The molecule has 0 fully saturated rings. The predicted molar refractivity (Wildman–Crippen MR) is 152 cm³/mol. The molecule has 5 rings (SSSR count). The zero-order valence-corrected chi connectivity index (χ0v) is 21.2. The number of fused-ring (bicyclic) bond motifs is 5. The molecule has 6 nitrogen and oxygen atoms in total. The van der Waals surface area contributed by atoms with Gasteiger partial charge < -0.3 is 5.73 Å². The van der Waals surface area contributed by atoms with Crippen molar-refractivity contribution in [3.05, 3.63) is 88.9 Å². The molecule has 0 bridgehead atoms. The molecule has 0 spiro atoms. The largest absolute Gasteiger partial charge is 0.330 e. The van der Waals surface area contributed by atoms with Gasteiger partial charge in [-0.1, -0.05) is 49.6 Å². The van der Waals surface area contributed by atoms with Crippen molar-refractivity contribution in [2.24, 2.45) is 5.73 Å². The van der Waals surface area contributed by atoms with Crippen LogP contribution in [0, 0.1) is 0 Å². The van der Waals surface area contributed by atoms with Crippen LogP contribution in [0.2, 0.25) is 0 Å². The number of nitrogens with two attached hydrogens (primary N) is 1. The third-order valence-corrected chi connectivity index (χ3v) is 8.30. The minimum Gasteiger partial charge on any atom is -0.330 e. The topological polar surface area (TPSA) is 111 Å². The van der Waals surface area contributed by atoms with E-state index in [1.807, 2.05) is 0 Å². The molecule has 0 saturated heterocycles. The van der Waals surface area contributed by atoms with E-state index in [-0.39, 0.29) is 53.0 Å². The first-order chi connectivity index (χ1) is 17.9. The van der Waals surface area contributed by atoms with Gasteiger partial charge in [-0.25, -0.2) is 0 Å². The lowest BCUT2D eigenvalue weighted by molar-refractivity contribution is -0.119. The van der Waals surface area contributed by atoms with Crippen molar-refractivity contribution in [3.8, 4) is 0 Å². The van der Waals surface area contributed by atoms with Crippen molar-refractivity contribution in [3.63, 3.8) is 0 Å². The SMILES string of the molecule is NCCCCCCCC(=O)CCc1ccc2c(=O)c3sc4c(=O)c5ccccc5c(=O)c4c3c(=O)c2c1. The molecule has 0 radical (unpaired) electrons. The second-order valence-electron chi connectivity index (χ2n) is 9.60. The van der Waals surface area contributed by atoms with Crippen LogP contribution in [0.1, 0.15) is 50.5 Å². The van der Waals surface area contributed by atoms with E-state index in [0.29, 0.717) is 31.2 Å². The number of ketones is 1. The lowest BCUT2D eigenvalue weighted by Gasteiger charge is -2.04. The van der Waals surface area contributed by atoms with Crippen molar-refractivity contribution in [1.29, 1.82) is 0 Å². The molecule has 0 aliphatic heterocycles. The number of thiophene rings is 1. The summed E-state index contributed by atoms with van der Waals surface area (Å²) in [6.07, 6.45) is 6.44. The molecule has 0 atom stereocenters. The van der Waals surface area contributed by atoms with Gasteiger partial charge in [0.1, 0.15) is 5.78 Å². The van der Waals surface area contributed by atoms with Crippen LogP contribution < -0.4 is 27.4 Å². The normalized spacial score (nSPS) is 11.8. The fourth-order valence-corrected chi connectivity index (χ4v) is 6.32. The Bertz CT molecular complexity index is 1880. The summed E-state index contributed by atoms with van der Waals surface area (Å²) in [6, 6.07) is 11.6. The Morgan fingerprint density at radius 1 is 0.649 bits per heavy atom. The molecule has 4 aromatic carbocycles. The average molecular weight is 514 g/mol. The van der Waals surface area contributed by atoms with E-state index in [0.717, 1.165) is 49.0 Å². The maximum absolute atomic E-state index is 13.6. The summed E-state index contributed by atoms with van der Waals surface area (Å²) in [7, 11) is 0. The summed E-state index contributed by atoms with van der Waals surface area (Å²) in [6.45, 7) is 0.701. The monoisotopic (exact) mass is 513 g/mol. The quantitative estimate of drug-likeness (QED) is 0.276. The minimum absolute atomic E-state index is 0.0354. The highest BCUT2D eigenvalue weighted by molar-refractivity contribution is 7.25. The van der Waals surface area contributed by atoms with Crippen LogP contribution in [0.5, 0.6) is 0 Å². The smallest absolute Gasteiger partial charge is 0.204 e. The lowest BCUT2D eigenvalue weighted by atomic mass is 9.98. The Kier molecular flexibility index (Phi) is 7.09. The summed E-state index contributed by atoms with van der Waals surface area (Å²) < 4.78 is 0.295. The molecule has 0 aliphatic rings. The highest BCUT2D eigenvalue weighted by Crippen LogP contribution is 2.29. The number of Topliss-reactive ketones (excluding diaryl/α,β-unsaturated/α-hetero) is 1. The first kappa shape index (κ1) is 25.1. The van der Waals surface area contributed by atoms with Crippen LogP contribution in [0.15, 0.2) is 61.6 Å². The van der Waals surface area contributed by atoms with Crippen molar-refractivity contribution >= 4 is 58.8 Å². The number of aryl methyl sites for hydroxylation is 1. The number of benzene rings is 4.